The topological polar surface area (TPSA) is 20.2 Å². The summed E-state index contributed by atoms with van der Waals surface area (Å²) in [6, 6.07) is 10.1. The second-order valence-corrected chi connectivity index (χ2v) is 5.98. The minimum absolute atomic E-state index is 0.186. The molecule has 3 rings (SSSR count). The van der Waals surface area contributed by atoms with Gasteiger partial charge in [0.1, 0.15) is 5.75 Å². The number of phenolic OH excluding ortho intramolecular Hbond substituents is 1. The van der Waals surface area contributed by atoms with Crippen molar-refractivity contribution in [3.8, 4) is 5.75 Å². The van der Waals surface area contributed by atoms with Crippen molar-refractivity contribution in [2.24, 2.45) is 0 Å². The highest BCUT2D eigenvalue weighted by atomic mass is 32.1. The van der Waals surface area contributed by atoms with Gasteiger partial charge in [0.2, 0.25) is 0 Å². The van der Waals surface area contributed by atoms with Crippen molar-refractivity contribution in [2.75, 3.05) is 0 Å². The normalized spacial score (nSPS) is 18.7. The van der Waals surface area contributed by atoms with Gasteiger partial charge in [0.05, 0.1) is 0 Å². The van der Waals surface area contributed by atoms with Gasteiger partial charge < -0.3 is 5.11 Å². The SMILES string of the molecule is Oc1ccc(C2(c3ccsc3)CCCCC2)cc1. The van der Waals surface area contributed by atoms with Crippen LogP contribution in [0.1, 0.15) is 43.2 Å². The average molecular weight is 258 g/mol. The van der Waals surface area contributed by atoms with Gasteiger partial charge in [-0.05, 0) is 52.9 Å². The van der Waals surface area contributed by atoms with Gasteiger partial charge in [0.15, 0.2) is 0 Å². The number of aromatic hydroxyl groups is 1. The molecule has 0 spiro atoms. The largest absolute Gasteiger partial charge is 0.508 e. The van der Waals surface area contributed by atoms with Crippen molar-refractivity contribution in [3.05, 3.63) is 52.2 Å². The Kier molecular flexibility index (Phi) is 3.13. The predicted octanol–water partition coefficient (Wildman–Crippen LogP) is 4.70. The van der Waals surface area contributed by atoms with Crippen molar-refractivity contribution >= 4 is 11.3 Å². The van der Waals surface area contributed by atoms with Crippen LogP contribution in [0.3, 0.4) is 0 Å². The Hall–Kier alpha value is -1.28. The summed E-state index contributed by atoms with van der Waals surface area (Å²) >= 11 is 1.78. The molecule has 0 amide bonds. The summed E-state index contributed by atoms with van der Waals surface area (Å²) in [5.74, 6) is 0.357. The Morgan fingerprint density at radius 3 is 2.22 bits per heavy atom. The number of hydrogen-bond donors (Lipinski definition) is 1. The summed E-state index contributed by atoms with van der Waals surface area (Å²) in [6.45, 7) is 0. The van der Waals surface area contributed by atoms with E-state index in [4.69, 9.17) is 0 Å². The number of thiophene rings is 1. The molecule has 94 valence electrons. The third kappa shape index (κ3) is 1.95. The highest BCUT2D eigenvalue weighted by Gasteiger charge is 2.35. The fourth-order valence-corrected chi connectivity index (χ4v) is 3.97. The molecule has 1 aliphatic carbocycles. The van der Waals surface area contributed by atoms with Crippen molar-refractivity contribution < 1.29 is 5.11 Å². The summed E-state index contributed by atoms with van der Waals surface area (Å²) < 4.78 is 0. The first-order valence-corrected chi connectivity index (χ1v) is 7.58. The fraction of sp³-hybridized carbons (Fsp3) is 0.375. The van der Waals surface area contributed by atoms with E-state index in [-0.39, 0.29) is 5.41 Å². The van der Waals surface area contributed by atoms with E-state index in [1.54, 1.807) is 11.3 Å². The maximum Gasteiger partial charge on any atom is 0.115 e. The van der Waals surface area contributed by atoms with Crippen LogP contribution in [0, 0.1) is 0 Å². The molecule has 0 unspecified atom stereocenters. The molecule has 0 bridgehead atoms. The van der Waals surface area contributed by atoms with Crippen LogP contribution in [0.5, 0.6) is 5.75 Å². The van der Waals surface area contributed by atoms with E-state index in [0.717, 1.165) is 0 Å². The highest BCUT2D eigenvalue weighted by molar-refractivity contribution is 7.08. The Morgan fingerprint density at radius 1 is 0.889 bits per heavy atom. The minimum Gasteiger partial charge on any atom is -0.508 e. The standard InChI is InChI=1S/C16H18OS/c17-15-6-4-13(5-7-15)16(9-2-1-3-10-16)14-8-11-18-12-14/h4-8,11-12,17H,1-3,9-10H2. The smallest absolute Gasteiger partial charge is 0.115 e. The third-order valence-corrected chi connectivity index (χ3v) is 4.88. The van der Waals surface area contributed by atoms with Gasteiger partial charge in [-0.1, -0.05) is 31.4 Å². The molecule has 18 heavy (non-hydrogen) atoms. The molecule has 1 N–H and O–H groups in total. The monoisotopic (exact) mass is 258 g/mol. The zero-order chi connectivity index (χ0) is 12.4. The maximum absolute atomic E-state index is 9.47. The van der Waals surface area contributed by atoms with Crippen molar-refractivity contribution in [1.82, 2.24) is 0 Å². The summed E-state index contributed by atoms with van der Waals surface area (Å²) in [5, 5.41) is 13.9. The van der Waals surface area contributed by atoms with Gasteiger partial charge in [-0.25, -0.2) is 0 Å². The van der Waals surface area contributed by atoms with E-state index < -0.39 is 0 Å². The highest BCUT2D eigenvalue weighted by Crippen LogP contribution is 2.45. The summed E-state index contributed by atoms with van der Waals surface area (Å²) in [5.41, 5.74) is 3.00. The van der Waals surface area contributed by atoms with Gasteiger partial charge >= 0.3 is 0 Å². The Morgan fingerprint density at radius 2 is 1.61 bits per heavy atom. The van der Waals surface area contributed by atoms with Crippen LogP contribution in [0.2, 0.25) is 0 Å². The first-order valence-electron chi connectivity index (χ1n) is 6.63. The van der Waals surface area contributed by atoms with Crippen LogP contribution >= 0.6 is 11.3 Å². The van der Waals surface area contributed by atoms with Crippen LogP contribution in [-0.2, 0) is 5.41 Å². The number of rotatable bonds is 2. The molecule has 0 atom stereocenters. The average Bonchev–Trinajstić information content (AvgIpc) is 2.95. The lowest BCUT2D eigenvalue weighted by Gasteiger charge is -2.37. The number of hydrogen-bond acceptors (Lipinski definition) is 2. The van der Waals surface area contributed by atoms with Crippen LogP contribution in [0.25, 0.3) is 0 Å². The molecular formula is C16H18OS. The van der Waals surface area contributed by atoms with E-state index in [2.05, 4.69) is 29.0 Å². The number of benzene rings is 1. The minimum atomic E-state index is 0.186. The van der Waals surface area contributed by atoms with Crippen molar-refractivity contribution in [1.29, 1.82) is 0 Å². The third-order valence-electron chi connectivity index (χ3n) is 4.20. The van der Waals surface area contributed by atoms with Gasteiger partial charge in [-0.2, -0.15) is 11.3 Å². The van der Waals surface area contributed by atoms with E-state index in [0.29, 0.717) is 5.75 Å². The van der Waals surface area contributed by atoms with E-state index in [1.165, 1.54) is 43.2 Å². The molecular weight excluding hydrogens is 240 g/mol. The molecule has 1 aromatic carbocycles. The molecule has 1 aliphatic rings. The van der Waals surface area contributed by atoms with Crippen LogP contribution in [0.15, 0.2) is 41.1 Å². The molecule has 0 saturated heterocycles. The maximum atomic E-state index is 9.47. The lowest BCUT2D eigenvalue weighted by molar-refractivity contribution is 0.346. The zero-order valence-corrected chi connectivity index (χ0v) is 11.2. The second-order valence-electron chi connectivity index (χ2n) is 5.20. The second kappa shape index (κ2) is 4.77. The fourth-order valence-electron chi connectivity index (χ4n) is 3.22. The molecule has 2 aromatic rings. The molecule has 0 radical (unpaired) electrons. The zero-order valence-electron chi connectivity index (χ0n) is 10.4. The van der Waals surface area contributed by atoms with Gasteiger partial charge in [-0.3, -0.25) is 0 Å². The number of phenols is 1. The molecule has 1 saturated carbocycles. The van der Waals surface area contributed by atoms with Gasteiger partial charge in [-0.15, -0.1) is 0 Å². The quantitative estimate of drug-likeness (QED) is 0.827. The lowest BCUT2D eigenvalue weighted by atomic mass is 9.66. The van der Waals surface area contributed by atoms with E-state index >= 15 is 0 Å². The van der Waals surface area contributed by atoms with E-state index in [9.17, 15) is 5.11 Å². The van der Waals surface area contributed by atoms with E-state index in [1.807, 2.05) is 12.1 Å². The van der Waals surface area contributed by atoms with Gasteiger partial charge in [0, 0.05) is 5.41 Å². The molecule has 1 nitrogen and oxygen atoms in total. The molecule has 1 heterocycles. The molecule has 2 heteroatoms. The van der Waals surface area contributed by atoms with Crippen LogP contribution in [0.4, 0.5) is 0 Å². The molecule has 1 aromatic heterocycles. The first kappa shape index (κ1) is 11.8. The molecule has 1 fully saturated rings. The Bertz CT molecular complexity index is 492. The van der Waals surface area contributed by atoms with Crippen molar-refractivity contribution in [3.63, 3.8) is 0 Å². The van der Waals surface area contributed by atoms with Gasteiger partial charge in [0.25, 0.3) is 0 Å². The Balaban J connectivity index is 2.07. The van der Waals surface area contributed by atoms with Crippen molar-refractivity contribution in [2.45, 2.75) is 37.5 Å². The first-order chi connectivity index (χ1) is 8.81. The molecule has 0 aliphatic heterocycles. The summed E-state index contributed by atoms with van der Waals surface area (Å²) in [6.07, 6.45) is 6.42. The Labute approximate surface area is 112 Å². The summed E-state index contributed by atoms with van der Waals surface area (Å²) in [7, 11) is 0. The lowest BCUT2D eigenvalue weighted by Crippen LogP contribution is -2.29. The van der Waals surface area contributed by atoms with Crippen LogP contribution in [-0.4, -0.2) is 5.11 Å². The summed E-state index contributed by atoms with van der Waals surface area (Å²) in [4.78, 5) is 0. The van der Waals surface area contributed by atoms with Crippen LogP contribution < -0.4 is 0 Å². The predicted molar refractivity (Wildman–Crippen MR) is 76.3 cm³/mol.